The fraction of sp³-hybridized carbons (Fsp3) is 0.200. The SMILES string of the molecule is C=COc1ccc(Cn2nc(-c3ncc(OC)c(Nc4ccncc4)n3)cc2C2CC2)cc1. The molecule has 0 atom stereocenters. The van der Waals surface area contributed by atoms with Crippen LogP contribution in [-0.2, 0) is 6.54 Å². The van der Waals surface area contributed by atoms with Gasteiger partial charge in [-0.15, -0.1) is 0 Å². The zero-order valence-electron chi connectivity index (χ0n) is 18.3. The van der Waals surface area contributed by atoms with Crippen molar-refractivity contribution in [1.82, 2.24) is 24.7 Å². The average Bonchev–Trinajstić information content (AvgIpc) is 3.61. The van der Waals surface area contributed by atoms with Crippen molar-refractivity contribution in [3.05, 3.63) is 85.2 Å². The summed E-state index contributed by atoms with van der Waals surface area (Å²) < 4.78 is 12.8. The summed E-state index contributed by atoms with van der Waals surface area (Å²) in [5.41, 5.74) is 3.95. The van der Waals surface area contributed by atoms with Crippen molar-refractivity contribution in [2.24, 2.45) is 0 Å². The molecule has 8 heteroatoms. The summed E-state index contributed by atoms with van der Waals surface area (Å²) in [7, 11) is 1.60. The van der Waals surface area contributed by atoms with Crippen LogP contribution in [0.1, 0.15) is 30.0 Å². The van der Waals surface area contributed by atoms with E-state index >= 15 is 0 Å². The highest BCUT2D eigenvalue weighted by Crippen LogP contribution is 2.41. The Morgan fingerprint density at radius 1 is 1.15 bits per heavy atom. The van der Waals surface area contributed by atoms with Gasteiger partial charge in [0.2, 0.25) is 0 Å². The van der Waals surface area contributed by atoms with Crippen LogP contribution in [0.2, 0.25) is 0 Å². The van der Waals surface area contributed by atoms with Crippen LogP contribution in [0, 0.1) is 0 Å². The number of nitrogens with one attached hydrogen (secondary N) is 1. The van der Waals surface area contributed by atoms with E-state index in [1.165, 1.54) is 24.8 Å². The Balaban J connectivity index is 1.44. The van der Waals surface area contributed by atoms with Gasteiger partial charge in [0, 0.05) is 29.7 Å². The Hall–Kier alpha value is -4.20. The lowest BCUT2D eigenvalue weighted by atomic mass is 10.2. The second-order valence-electron chi connectivity index (χ2n) is 7.79. The zero-order chi connectivity index (χ0) is 22.6. The van der Waals surface area contributed by atoms with Crippen molar-refractivity contribution in [3.63, 3.8) is 0 Å². The minimum absolute atomic E-state index is 0.530. The second-order valence-corrected chi connectivity index (χ2v) is 7.79. The second kappa shape index (κ2) is 9.12. The third-order valence-electron chi connectivity index (χ3n) is 5.43. The molecule has 0 amide bonds. The van der Waals surface area contributed by atoms with Crippen molar-refractivity contribution < 1.29 is 9.47 Å². The number of hydrogen-bond donors (Lipinski definition) is 1. The van der Waals surface area contributed by atoms with Crippen LogP contribution >= 0.6 is 0 Å². The molecular formula is C25H24N6O2. The third kappa shape index (κ3) is 4.69. The van der Waals surface area contributed by atoms with E-state index in [4.69, 9.17) is 19.6 Å². The molecule has 1 aromatic carbocycles. The fourth-order valence-corrected chi connectivity index (χ4v) is 3.62. The Bertz CT molecular complexity index is 1250. The van der Waals surface area contributed by atoms with E-state index in [1.54, 1.807) is 25.7 Å². The standard InChI is InChI=1S/C25H24N6O2/c1-3-33-20-8-4-17(5-9-20)16-31-22(18-6-7-18)14-21(30-31)24-27-15-23(32-2)25(29-24)28-19-10-12-26-13-11-19/h3-5,8-15,18H,1,6-7,16H2,2H3,(H,26,27,28,29). The molecule has 3 aromatic heterocycles. The minimum Gasteiger partial charge on any atom is -0.491 e. The maximum atomic E-state index is 5.45. The van der Waals surface area contributed by atoms with Crippen molar-refractivity contribution in [2.75, 3.05) is 12.4 Å². The van der Waals surface area contributed by atoms with E-state index in [-0.39, 0.29) is 0 Å². The van der Waals surface area contributed by atoms with Crippen LogP contribution in [0.25, 0.3) is 11.5 Å². The summed E-state index contributed by atoms with van der Waals surface area (Å²) in [5.74, 6) is 2.97. The van der Waals surface area contributed by atoms with E-state index in [9.17, 15) is 0 Å². The van der Waals surface area contributed by atoms with Gasteiger partial charge in [-0.05, 0) is 48.7 Å². The molecule has 5 rings (SSSR count). The average molecular weight is 441 g/mol. The lowest BCUT2D eigenvalue weighted by Gasteiger charge is -2.10. The van der Waals surface area contributed by atoms with Gasteiger partial charge in [-0.2, -0.15) is 5.10 Å². The first-order valence-corrected chi connectivity index (χ1v) is 10.8. The molecule has 1 N–H and O–H groups in total. The van der Waals surface area contributed by atoms with Crippen molar-refractivity contribution in [1.29, 1.82) is 0 Å². The van der Waals surface area contributed by atoms with E-state index in [1.807, 2.05) is 36.4 Å². The van der Waals surface area contributed by atoms with Gasteiger partial charge in [-0.1, -0.05) is 18.7 Å². The predicted octanol–water partition coefficient (Wildman–Crippen LogP) is 4.94. The van der Waals surface area contributed by atoms with Gasteiger partial charge < -0.3 is 14.8 Å². The first-order valence-electron chi connectivity index (χ1n) is 10.8. The van der Waals surface area contributed by atoms with Crippen LogP contribution in [0.4, 0.5) is 11.5 Å². The minimum atomic E-state index is 0.530. The number of aromatic nitrogens is 5. The van der Waals surface area contributed by atoms with Crippen LogP contribution in [0.15, 0.2) is 73.9 Å². The molecule has 0 spiro atoms. The van der Waals surface area contributed by atoms with Crippen molar-refractivity contribution in [2.45, 2.75) is 25.3 Å². The Morgan fingerprint density at radius 2 is 1.94 bits per heavy atom. The molecule has 0 aliphatic heterocycles. The molecule has 33 heavy (non-hydrogen) atoms. The molecule has 0 unspecified atom stereocenters. The van der Waals surface area contributed by atoms with Gasteiger partial charge in [0.25, 0.3) is 0 Å². The van der Waals surface area contributed by atoms with Crippen molar-refractivity contribution in [3.8, 4) is 23.0 Å². The lowest BCUT2D eigenvalue weighted by Crippen LogP contribution is -2.06. The predicted molar refractivity (Wildman–Crippen MR) is 126 cm³/mol. The molecule has 4 aromatic rings. The summed E-state index contributed by atoms with van der Waals surface area (Å²) in [5, 5.41) is 8.14. The summed E-state index contributed by atoms with van der Waals surface area (Å²) in [6.07, 6.45) is 8.88. The number of benzene rings is 1. The number of pyridine rings is 1. The molecule has 8 nitrogen and oxygen atoms in total. The molecule has 0 radical (unpaired) electrons. The number of nitrogens with zero attached hydrogens (tertiary/aromatic N) is 5. The molecule has 1 fully saturated rings. The Kier molecular flexibility index (Phi) is 5.72. The third-order valence-corrected chi connectivity index (χ3v) is 5.43. The molecule has 0 bridgehead atoms. The fourth-order valence-electron chi connectivity index (χ4n) is 3.62. The molecule has 1 saturated carbocycles. The van der Waals surface area contributed by atoms with Crippen LogP contribution in [-0.4, -0.2) is 31.8 Å². The highest BCUT2D eigenvalue weighted by atomic mass is 16.5. The molecular weight excluding hydrogens is 416 g/mol. The maximum absolute atomic E-state index is 5.45. The molecule has 1 aliphatic rings. The maximum Gasteiger partial charge on any atom is 0.182 e. The van der Waals surface area contributed by atoms with E-state index in [0.717, 1.165) is 22.7 Å². The summed E-state index contributed by atoms with van der Waals surface area (Å²) in [6, 6.07) is 13.8. The zero-order valence-corrected chi connectivity index (χ0v) is 18.3. The quantitative estimate of drug-likeness (QED) is 0.369. The normalized spacial score (nSPS) is 12.9. The number of methoxy groups -OCH3 is 1. The van der Waals surface area contributed by atoms with Gasteiger partial charge in [0.1, 0.15) is 11.4 Å². The lowest BCUT2D eigenvalue weighted by molar-refractivity contribution is 0.413. The van der Waals surface area contributed by atoms with Crippen molar-refractivity contribution >= 4 is 11.5 Å². The van der Waals surface area contributed by atoms with E-state index in [2.05, 4.69) is 32.6 Å². The van der Waals surface area contributed by atoms with Gasteiger partial charge in [0.05, 0.1) is 26.1 Å². The largest absolute Gasteiger partial charge is 0.491 e. The van der Waals surface area contributed by atoms with Gasteiger partial charge in [-0.25, -0.2) is 9.97 Å². The number of rotatable bonds is 9. The first-order chi connectivity index (χ1) is 16.2. The topological polar surface area (TPSA) is 87.0 Å². The first kappa shape index (κ1) is 20.7. The number of ether oxygens (including phenoxy) is 2. The molecule has 3 heterocycles. The summed E-state index contributed by atoms with van der Waals surface area (Å²) in [4.78, 5) is 13.3. The highest BCUT2D eigenvalue weighted by Gasteiger charge is 2.29. The number of hydrogen-bond acceptors (Lipinski definition) is 7. The molecule has 1 aliphatic carbocycles. The monoisotopic (exact) mass is 440 g/mol. The van der Waals surface area contributed by atoms with Crippen LogP contribution in [0.3, 0.4) is 0 Å². The smallest absolute Gasteiger partial charge is 0.182 e. The van der Waals surface area contributed by atoms with Gasteiger partial charge in [0.15, 0.2) is 17.4 Å². The Morgan fingerprint density at radius 3 is 2.64 bits per heavy atom. The molecule has 166 valence electrons. The number of anilines is 2. The summed E-state index contributed by atoms with van der Waals surface area (Å²) in [6.45, 7) is 4.26. The van der Waals surface area contributed by atoms with E-state index in [0.29, 0.717) is 29.9 Å². The van der Waals surface area contributed by atoms with E-state index < -0.39 is 0 Å². The Labute approximate surface area is 192 Å². The summed E-state index contributed by atoms with van der Waals surface area (Å²) >= 11 is 0. The van der Waals surface area contributed by atoms with Crippen LogP contribution < -0.4 is 14.8 Å². The van der Waals surface area contributed by atoms with Gasteiger partial charge >= 0.3 is 0 Å². The molecule has 0 saturated heterocycles. The van der Waals surface area contributed by atoms with Crippen LogP contribution in [0.5, 0.6) is 11.5 Å². The van der Waals surface area contributed by atoms with Gasteiger partial charge in [-0.3, -0.25) is 9.67 Å². The highest BCUT2D eigenvalue weighted by molar-refractivity contribution is 5.64.